The summed E-state index contributed by atoms with van der Waals surface area (Å²) in [5, 5.41) is 22.8. The molecule has 2 aliphatic rings. The molecule has 0 bridgehead atoms. The average Bonchev–Trinajstić information content (AvgIpc) is 3.49. The monoisotopic (exact) mass is 488 g/mol. The molecular formula is C22H28N6O5S. The summed E-state index contributed by atoms with van der Waals surface area (Å²) >= 11 is 0. The SMILES string of the molecule is CCOc1ccc(S(=O)(=O)N2CCCC(O)C2)cc1-c1nn2c(C3CCCC3)nnc2c(=O)[nH]1. The van der Waals surface area contributed by atoms with Gasteiger partial charge in [-0.2, -0.15) is 8.82 Å². The minimum atomic E-state index is -3.85. The van der Waals surface area contributed by atoms with Crippen molar-refractivity contribution in [2.45, 2.75) is 62.4 Å². The largest absolute Gasteiger partial charge is 0.493 e. The fourth-order valence-corrected chi connectivity index (χ4v) is 6.35. The van der Waals surface area contributed by atoms with Crippen molar-refractivity contribution in [1.82, 2.24) is 29.1 Å². The number of fused-ring (bicyclic) bond motifs is 1. The second-order valence-corrected chi connectivity index (χ2v) is 10.8. The second kappa shape index (κ2) is 9.08. The zero-order valence-electron chi connectivity index (χ0n) is 19.0. The predicted molar refractivity (Wildman–Crippen MR) is 123 cm³/mol. The van der Waals surface area contributed by atoms with Crippen LogP contribution < -0.4 is 10.3 Å². The maximum Gasteiger partial charge on any atom is 0.296 e. The minimum absolute atomic E-state index is 0.0440. The van der Waals surface area contributed by atoms with Gasteiger partial charge in [-0.3, -0.25) is 4.79 Å². The van der Waals surface area contributed by atoms with E-state index in [0.717, 1.165) is 25.7 Å². The molecule has 0 spiro atoms. The summed E-state index contributed by atoms with van der Waals surface area (Å²) in [6, 6.07) is 4.51. The van der Waals surface area contributed by atoms with Crippen LogP contribution in [-0.2, 0) is 10.0 Å². The van der Waals surface area contributed by atoms with Gasteiger partial charge in [0.15, 0.2) is 11.6 Å². The van der Waals surface area contributed by atoms with Crippen molar-refractivity contribution in [1.29, 1.82) is 0 Å². The summed E-state index contributed by atoms with van der Waals surface area (Å²) in [5.74, 6) is 1.40. The molecule has 5 rings (SSSR count). The van der Waals surface area contributed by atoms with Gasteiger partial charge in [-0.05, 0) is 50.8 Å². The fraction of sp³-hybridized carbons (Fsp3) is 0.545. The van der Waals surface area contributed by atoms with Crippen molar-refractivity contribution in [3.05, 3.63) is 34.4 Å². The first-order valence-corrected chi connectivity index (χ1v) is 13.1. The third-order valence-corrected chi connectivity index (χ3v) is 8.38. The number of aliphatic hydroxyl groups is 1. The zero-order valence-corrected chi connectivity index (χ0v) is 19.8. The van der Waals surface area contributed by atoms with E-state index in [9.17, 15) is 18.3 Å². The van der Waals surface area contributed by atoms with Crippen LogP contribution in [-0.4, -0.2) is 68.4 Å². The van der Waals surface area contributed by atoms with Gasteiger partial charge in [0.05, 0.1) is 23.2 Å². The average molecular weight is 489 g/mol. The predicted octanol–water partition coefficient (Wildman–Crippen LogP) is 1.68. The van der Waals surface area contributed by atoms with Gasteiger partial charge in [-0.15, -0.1) is 15.3 Å². The number of β-amino-alcohol motifs (C(OH)–C–C–N with tert-alkyl or cyclic N) is 1. The topological polar surface area (TPSA) is 143 Å². The number of aliphatic hydroxyl groups excluding tert-OH is 1. The Labute approximate surface area is 196 Å². The first-order valence-electron chi connectivity index (χ1n) is 11.7. The van der Waals surface area contributed by atoms with E-state index in [-0.39, 0.29) is 28.8 Å². The van der Waals surface area contributed by atoms with E-state index in [1.54, 1.807) is 6.07 Å². The number of benzene rings is 1. The van der Waals surface area contributed by atoms with Crippen molar-refractivity contribution in [2.24, 2.45) is 0 Å². The third-order valence-electron chi connectivity index (χ3n) is 6.52. The molecule has 0 amide bonds. The Kier molecular flexibility index (Phi) is 6.13. The number of aromatic nitrogens is 5. The first kappa shape index (κ1) is 22.9. The van der Waals surface area contributed by atoms with Gasteiger partial charge in [0, 0.05) is 19.0 Å². The molecular weight excluding hydrogens is 460 g/mol. The maximum absolute atomic E-state index is 13.3. The quantitative estimate of drug-likeness (QED) is 0.534. The van der Waals surface area contributed by atoms with E-state index >= 15 is 0 Å². The molecule has 1 saturated heterocycles. The number of hydrogen-bond donors (Lipinski definition) is 2. The lowest BCUT2D eigenvalue weighted by Gasteiger charge is -2.29. The van der Waals surface area contributed by atoms with E-state index in [1.807, 2.05) is 6.92 Å². The molecule has 1 aliphatic heterocycles. The lowest BCUT2D eigenvalue weighted by Crippen LogP contribution is -2.42. The van der Waals surface area contributed by atoms with Crippen LogP contribution in [0.1, 0.15) is 57.2 Å². The van der Waals surface area contributed by atoms with Gasteiger partial charge in [0.2, 0.25) is 15.7 Å². The summed E-state index contributed by atoms with van der Waals surface area (Å²) in [6.45, 7) is 2.57. The molecule has 3 heterocycles. The molecule has 34 heavy (non-hydrogen) atoms. The Morgan fingerprint density at radius 1 is 1.18 bits per heavy atom. The highest BCUT2D eigenvalue weighted by atomic mass is 32.2. The van der Waals surface area contributed by atoms with Crippen LogP contribution >= 0.6 is 0 Å². The van der Waals surface area contributed by atoms with Gasteiger partial charge in [0.1, 0.15) is 5.75 Å². The van der Waals surface area contributed by atoms with Crippen molar-refractivity contribution in [2.75, 3.05) is 19.7 Å². The summed E-state index contributed by atoms with van der Waals surface area (Å²) in [5.41, 5.74) is -0.00291. The standard InChI is InChI=1S/C22H28N6O5S/c1-2-33-18-10-9-16(34(31,32)27-11-5-8-15(29)13-27)12-17(18)19-23-22(30)21-25-24-20(28(21)26-19)14-6-3-4-7-14/h9-10,12,14-15,29H,2-8,11,13H2,1H3,(H,23,26,30). The Morgan fingerprint density at radius 3 is 2.71 bits per heavy atom. The second-order valence-electron chi connectivity index (χ2n) is 8.83. The number of hydrogen-bond acceptors (Lipinski definition) is 8. The number of aromatic amines is 1. The number of sulfonamides is 1. The van der Waals surface area contributed by atoms with Crippen LogP contribution in [0.15, 0.2) is 27.9 Å². The zero-order chi connectivity index (χ0) is 23.9. The molecule has 12 heteroatoms. The Bertz CT molecular complexity index is 1360. The lowest BCUT2D eigenvalue weighted by molar-refractivity contribution is 0.108. The normalized spacial score (nSPS) is 20.2. The van der Waals surface area contributed by atoms with Crippen LogP contribution in [0.5, 0.6) is 5.75 Å². The lowest BCUT2D eigenvalue weighted by atomic mass is 10.1. The van der Waals surface area contributed by atoms with Crippen molar-refractivity contribution < 1.29 is 18.3 Å². The first-order chi connectivity index (χ1) is 16.4. The van der Waals surface area contributed by atoms with E-state index in [4.69, 9.17) is 4.74 Å². The Hall–Kier alpha value is -2.83. The molecule has 0 radical (unpaired) electrons. The summed E-state index contributed by atoms with van der Waals surface area (Å²) in [7, 11) is -3.85. The number of ether oxygens (including phenoxy) is 1. The fourth-order valence-electron chi connectivity index (χ4n) is 4.80. The van der Waals surface area contributed by atoms with Crippen molar-refractivity contribution >= 4 is 15.7 Å². The molecule has 2 aromatic heterocycles. The summed E-state index contributed by atoms with van der Waals surface area (Å²) in [6.07, 6.45) is 4.59. The molecule has 1 unspecified atom stereocenters. The molecule has 2 fully saturated rings. The molecule has 2 N–H and O–H groups in total. The highest BCUT2D eigenvalue weighted by Gasteiger charge is 2.31. The number of rotatable bonds is 6. The van der Waals surface area contributed by atoms with Crippen molar-refractivity contribution in [3.8, 4) is 17.1 Å². The molecule has 1 aromatic carbocycles. The van der Waals surface area contributed by atoms with E-state index in [2.05, 4.69) is 20.3 Å². The smallest absolute Gasteiger partial charge is 0.296 e. The van der Waals surface area contributed by atoms with Crippen LogP contribution in [0.3, 0.4) is 0 Å². The van der Waals surface area contributed by atoms with Crippen LogP contribution in [0.2, 0.25) is 0 Å². The summed E-state index contributed by atoms with van der Waals surface area (Å²) < 4.78 is 35.1. The Balaban J connectivity index is 1.62. The molecule has 182 valence electrons. The number of nitrogens with zero attached hydrogens (tertiary/aromatic N) is 5. The van der Waals surface area contributed by atoms with Crippen LogP contribution in [0.4, 0.5) is 0 Å². The van der Waals surface area contributed by atoms with E-state index in [1.165, 1.54) is 21.0 Å². The minimum Gasteiger partial charge on any atom is -0.493 e. The van der Waals surface area contributed by atoms with Gasteiger partial charge >= 0.3 is 0 Å². The third kappa shape index (κ3) is 4.10. The van der Waals surface area contributed by atoms with Crippen LogP contribution in [0.25, 0.3) is 17.0 Å². The van der Waals surface area contributed by atoms with Gasteiger partial charge in [0.25, 0.3) is 5.56 Å². The molecule has 1 aliphatic carbocycles. The number of H-pyrrole nitrogens is 1. The highest BCUT2D eigenvalue weighted by molar-refractivity contribution is 7.89. The van der Waals surface area contributed by atoms with Crippen LogP contribution in [0, 0.1) is 0 Å². The molecule has 1 atom stereocenters. The van der Waals surface area contributed by atoms with E-state index < -0.39 is 21.7 Å². The van der Waals surface area contributed by atoms with Gasteiger partial charge < -0.3 is 14.8 Å². The molecule has 1 saturated carbocycles. The van der Waals surface area contributed by atoms with Gasteiger partial charge in [-0.1, -0.05) is 12.8 Å². The number of nitrogens with one attached hydrogen (secondary N) is 1. The Morgan fingerprint density at radius 2 is 1.97 bits per heavy atom. The number of piperidine rings is 1. The highest BCUT2D eigenvalue weighted by Crippen LogP contribution is 2.34. The molecule has 11 nitrogen and oxygen atoms in total. The summed E-state index contributed by atoms with van der Waals surface area (Å²) in [4.78, 5) is 15.6. The van der Waals surface area contributed by atoms with Crippen molar-refractivity contribution in [3.63, 3.8) is 0 Å². The van der Waals surface area contributed by atoms with E-state index in [0.29, 0.717) is 43.1 Å². The maximum atomic E-state index is 13.3. The molecule has 3 aromatic rings. The van der Waals surface area contributed by atoms with Gasteiger partial charge in [-0.25, -0.2) is 8.42 Å².